The number of urea groups is 1. The number of anilines is 2. The number of aryl methyl sites for hydroxylation is 1. The minimum absolute atomic E-state index is 0.176. The number of fused-ring (bicyclic) bond motifs is 1. The summed E-state index contributed by atoms with van der Waals surface area (Å²) in [6, 6.07) is 27.5. The number of amides is 2. The lowest BCUT2D eigenvalue weighted by Gasteiger charge is -2.30. The third kappa shape index (κ3) is 6.47. The van der Waals surface area contributed by atoms with Crippen molar-refractivity contribution in [3.8, 4) is 5.69 Å². The summed E-state index contributed by atoms with van der Waals surface area (Å²) in [5.74, 6) is 0.797. The topological polar surface area (TPSA) is 88.1 Å². The van der Waals surface area contributed by atoms with Gasteiger partial charge in [-0.3, -0.25) is 10.1 Å². The molecule has 0 radical (unpaired) electrons. The molecule has 1 saturated heterocycles. The van der Waals surface area contributed by atoms with Gasteiger partial charge in [-0.15, -0.1) is 11.3 Å². The number of piperidine rings is 1. The first-order chi connectivity index (χ1) is 21.2. The summed E-state index contributed by atoms with van der Waals surface area (Å²) in [6.45, 7) is 10.2. The zero-order chi connectivity index (χ0) is 30.8. The Morgan fingerprint density at radius 3 is 2.32 bits per heavy atom. The summed E-state index contributed by atoms with van der Waals surface area (Å²) < 4.78 is 2.90. The van der Waals surface area contributed by atoms with E-state index in [4.69, 9.17) is 5.10 Å². The number of nitrogens with zero attached hydrogens (tertiary/aromatic N) is 2. The number of Topliss-reactive ketones (excluding diaryl/α,β-unsaturated/α-hetero) is 1. The van der Waals surface area contributed by atoms with Gasteiger partial charge in [-0.1, -0.05) is 68.8 Å². The molecule has 3 aromatic carbocycles. The molecule has 1 aliphatic rings. The van der Waals surface area contributed by atoms with E-state index in [1.165, 1.54) is 0 Å². The van der Waals surface area contributed by atoms with Crippen molar-refractivity contribution in [3.05, 3.63) is 107 Å². The molecule has 1 fully saturated rings. The van der Waals surface area contributed by atoms with Gasteiger partial charge in [0.15, 0.2) is 5.78 Å². The maximum absolute atomic E-state index is 14.0. The molecule has 0 saturated carbocycles. The Bertz CT molecular complexity index is 1740. The van der Waals surface area contributed by atoms with E-state index >= 15 is 0 Å². The Hall–Kier alpha value is -4.27. The van der Waals surface area contributed by atoms with Crippen LogP contribution in [0.25, 0.3) is 15.8 Å². The number of nitrogens with one attached hydrogen (secondary N) is 3. The van der Waals surface area contributed by atoms with Crippen molar-refractivity contribution < 1.29 is 9.59 Å². The van der Waals surface area contributed by atoms with E-state index < -0.39 is 0 Å². The van der Waals surface area contributed by atoms with Crippen LogP contribution in [-0.2, 0) is 5.41 Å². The SMILES string of the molecule is Cc1ccc(-n2nc(C(C)(C)C)cc2NC(=O)Nc2ccc(C(C(=O)c3cc4ccccc4s3)C3CCNCC3)cc2)cc1. The zero-order valence-corrected chi connectivity index (χ0v) is 26.5. The molecule has 0 bridgehead atoms. The fourth-order valence-electron chi connectivity index (χ4n) is 5.84. The lowest BCUT2D eigenvalue weighted by molar-refractivity contribution is 0.0920. The van der Waals surface area contributed by atoms with E-state index in [1.807, 2.05) is 79.7 Å². The Kier molecular flexibility index (Phi) is 8.38. The third-order valence-electron chi connectivity index (χ3n) is 8.33. The van der Waals surface area contributed by atoms with Gasteiger partial charge in [0, 0.05) is 21.9 Å². The zero-order valence-electron chi connectivity index (χ0n) is 25.7. The first-order valence-corrected chi connectivity index (χ1v) is 16.1. The summed E-state index contributed by atoms with van der Waals surface area (Å²) in [4.78, 5) is 28.0. The fourth-order valence-corrected chi connectivity index (χ4v) is 6.89. The largest absolute Gasteiger partial charge is 0.324 e. The second-order valence-electron chi connectivity index (χ2n) is 12.7. The standard InChI is InChI=1S/C36H39N5O2S/c1-23-9-15-28(16-10-23)41-32(22-31(40-41)36(2,3)4)39-35(43)38-27-13-11-24(12-14-27)33(25-17-19-37-20-18-25)34(42)30-21-26-7-5-6-8-29(26)44-30/h5-16,21-22,25,33,37H,17-20H2,1-4H3,(H2,38,39,43). The molecule has 1 unspecified atom stereocenters. The van der Waals surface area contributed by atoms with Crippen molar-refractivity contribution >= 4 is 44.7 Å². The van der Waals surface area contributed by atoms with Crippen LogP contribution in [0.3, 0.4) is 0 Å². The molecule has 8 heteroatoms. The highest BCUT2D eigenvalue weighted by Gasteiger charge is 2.32. The Morgan fingerprint density at radius 2 is 1.64 bits per heavy atom. The van der Waals surface area contributed by atoms with Crippen LogP contribution in [0, 0.1) is 12.8 Å². The average molecular weight is 606 g/mol. The van der Waals surface area contributed by atoms with E-state index in [-0.39, 0.29) is 29.1 Å². The summed E-state index contributed by atoms with van der Waals surface area (Å²) in [5.41, 5.74) is 4.36. The summed E-state index contributed by atoms with van der Waals surface area (Å²) in [5, 5.41) is 15.3. The van der Waals surface area contributed by atoms with Crippen molar-refractivity contribution in [2.45, 2.75) is 51.9 Å². The van der Waals surface area contributed by atoms with Crippen molar-refractivity contribution in [1.82, 2.24) is 15.1 Å². The summed E-state index contributed by atoms with van der Waals surface area (Å²) in [6.07, 6.45) is 1.91. The fraction of sp³-hybridized carbons (Fsp3) is 0.306. The normalized spacial score (nSPS) is 14.8. The molecule has 2 amide bonds. The molecule has 0 aliphatic carbocycles. The predicted octanol–water partition coefficient (Wildman–Crippen LogP) is 8.30. The van der Waals surface area contributed by atoms with Crippen LogP contribution < -0.4 is 16.0 Å². The lowest BCUT2D eigenvalue weighted by atomic mass is 9.77. The van der Waals surface area contributed by atoms with Gasteiger partial charge in [0.05, 0.1) is 22.2 Å². The number of hydrogen-bond acceptors (Lipinski definition) is 5. The Labute approximate surface area is 262 Å². The number of benzene rings is 3. The van der Waals surface area contributed by atoms with Gasteiger partial charge in [0.1, 0.15) is 5.82 Å². The number of carbonyl (C=O) groups is 2. The second-order valence-corrected chi connectivity index (χ2v) is 13.8. The second kappa shape index (κ2) is 12.4. The van der Waals surface area contributed by atoms with Crippen LogP contribution in [0.1, 0.15) is 66.0 Å². The smallest absolute Gasteiger partial charge is 0.317 e. The number of ketones is 1. The molecule has 1 atom stereocenters. The van der Waals surface area contributed by atoms with Gasteiger partial charge in [-0.05, 0) is 86.1 Å². The number of thiophene rings is 1. The number of rotatable bonds is 7. The Balaban J connectivity index is 1.22. The van der Waals surface area contributed by atoms with E-state index in [2.05, 4.69) is 48.9 Å². The maximum Gasteiger partial charge on any atom is 0.324 e. The van der Waals surface area contributed by atoms with E-state index in [9.17, 15) is 9.59 Å². The van der Waals surface area contributed by atoms with Crippen molar-refractivity contribution in [1.29, 1.82) is 0 Å². The minimum atomic E-state index is -0.359. The average Bonchev–Trinajstić information content (AvgIpc) is 3.64. The van der Waals surface area contributed by atoms with Gasteiger partial charge < -0.3 is 10.6 Å². The van der Waals surface area contributed by atoms with Crippen LogP contribution in [0.2, 0.25) is 0 Å². The highest BCUT2D eigenvalue weighted by molar-refractivity contribution is 7.20. The molecule has 3 N–H and O–H groups in total. The van der Waals surface area contributed by atoms with Crippen molar-refractivity contribution in [2.75, 3.05) is 23.7 Å². The number of carbonyl (C=O) groups excluding carboxylic acids is 2. The van der Waals surface area contributed by atoms with Crippen molar-refractivity contribution in [3.63, 3.8) is 0 Å². The van der Waals surface area contributed by atoms with Gasteiger partial charge in [0.2, 0.25) is 0 Å². The van der Waals surface area contributed by atoms with Gasteiger partial charge >= 0.3 is 6.03 Å². The molecule has 6 rings (SSSR count). The summed E-state index contributed by atoms with van der Waals surface area (Å²) >= 11 is 1.57. The summed E-state index contributed by atoms with van der Waals surface area (Å²) in [7, 11) is 0. The van der Waals surface area contributed by atoms with Crippen molar-refractivity contribution in [2.24, 2.45) is 5.92 Å². The van der Waals surface area contributed by atoms with Gasteiger partial charge in [-0.2, -0.15) is 5.10 Å². The monoisotopic (exact) mass is 605 g/mol. The third-order valence-corrected chi connectivity index (χ3v) is 9.46. The van der Waals surface area contributed by atoms with Gasteiger partial charge in [0.25, 0.3) is 0 Å². The van der Waals surface area contributed by atoms with Gasteiger partial charge in [-0.25, -0.2) is 9.48 Å². The lowest BCUT2D eigenvalue weighted by Crippen LogP contribution is -2.33. The molecular weight excluding hydrogens is 566 g/mol. The molecule has 3 heterocycles. The molecule has 0 spiro atoms. The molecular formula is C36H39N5O2S. The molecule has 7 nitrogen and oxygen atoms in total. The van der Waals surface area contributed by atoms with Crippen LogP contribution in [0.4, 0.5) is 16.3 Å². The maximum atomic E-state index is 14.0. The molecule has 1 aliphatic heterocycles. The first kappa shape index (κ1) is 29.8. The molecule has 44 heavy (non-hydrogen) atoms. The van der Waals surface area contributed by atoms with E-state index in [0.29, 0.717) is 11.5 Å². The van der Waals surface area contributed by atoms with E-state index in [0.717, 1.165) is 63.4 Å². The highest BCUT2D eigenvalue weighted by Crippen LogP contribution is 2.37. The van der Waals surface area contributed by atoms with Crippen LogP contribution in [-0.4, -0.2) is 34.7 Å². The van der Waals surface area contributed by atoms with E-state index in [1.54, 1.807) is 16.0 Å². The molecule has 226 valence electrons. The molecule has 2 aromatic heterocycles. The minimum Gasteiger partial charge on any atom is -0.317 e. The Morgan fingerprint density at radius 1 is 0.932 bits per heavy atom. The highest BCUT2D eigenvalue weighted by atomic mass is 32.1. The number of hydrogen-bond donors (Lipinski definition) is 3. The first-order valence-electron chi connectivity index (χ1n) is 15.2. The number of aromatic nitrogens is 2. The molecule has 5 aromatic rings. The van der Waals surface area contributed by atoms with Crippen LogP contribution in [0.15, 0.2) is 84.9 Å². The van der Waals surface area contributed by atoms with Crippen LogP contribution >= 0.6 is 11.3 Å². The predicted molar refractivity (Wildman–Crippen MR) is 181 cm³/mol. The van der Waals surface area contributed by atoms with Crippen LogP contribution in [0.5, 0.6) is 0 Å². The quantitative estimate of drug-likeness (QED) is 0.163.